The molecule has 2 aliphatic heterocycles. The topological polar surface area (TPSA) is 89.0 Å². The minimum absolute atomic E-state index is 0.0464. The summed E-state index contributed by atoms with van der Waals surface area (Å²) in [5.41, 5.74) is 1.95. The Balaban J connectivity index is 0.000000406. The van der Waals surface area contributed by atoms with Crippen LogP contribution in [0.15, 0.2) is 36.0 Å². The average molecular weight is 485 g/mol. The number of pyridine rings is 1. The first kappa shape index (κ1) is 26.2. The first-order valence-corrected chi connectivity index (χ1v) is 11.6. The highest BCUT2D eigenvalue weighted by Crippen LogP contribution is 2.42. The van der Waals surface area contributed by atoms with Crippen molar-refractivity contribution in [3.8, 4) is 0 Å². The second kappa shape index (κ2) is 11.8. The van der Waals surface area contributed by atoms with Gasteiger partial charge in [0.05, 0.1) is 17.9 Å². The summed E-state index contributed by atoms with van der Waals surface area (Å²) in [6.45, 7) is 3.79. The second-order valence-electron chi connectivity index (χ2n) is 8.78. The summed E-state index contributed by atoms with van der Waals surface area (Å²) in [6, 6.07) is 5.90. The van der Waals surface area contributed by atoms with Crippen LogP contribution in [-0.2, 0) is 25.7 Å². The molecule has 1 aliphatic carbocycles. The SMILES string of the molecule is O=C(C1=CCCC1)N1CCC2(CC1)OCCC2CCOCc1ccccn1.O=C(O)C(F)(F)F. The second-order valence-corrected chi connectivity index (χ2v) is 8.78. The summed E-state index contributed by atoms with van der Waals surface area (Å²) in [4.78, 5) is 27.9. The summed E-state index contributed by atoms with van der Waals surface area (Å²) >= 11 is 0. The van der Waals surface area contributed by atoms with E-state index in [4.69, 9.17) is 19.4 Å². The van der Waals surface area contributed by atoms with Crippen molar-refractivity contribution in [2.75, 3.05) is 26.3 Å². The van der Waals surface area contributed by atoms with E-state index in [0.717, 1.165) is 82.5 Å². The van der Waals surface area contributed by atoms with Gasteiger partial charge in [-0.3, -0.25) is 9.78 Å². The van der Waals surface area contributed by atoms with E-state index in [9.17, 15) is 18.0 Å². The van der Waals surface area contributed by atoms with E-state index < -0.39 is 12.1 Å². The molecule has 1 unspecified atom stereocenters. The van der Waals surface area contributed by atoms with Gasteiger partial charge in [-0.2, -0.15) is 13.2 Å². The molecule has 0 saturated carbocycles. The van der Waals surface area contributed by atoms with Crippen LogP contribution in [0.1, 0.15) is 50.6 Å². The molecule has 0 aromatic carbocycles. The number of piperidine rings is 1. The molecule has 34 heavy (non-hydrogen) atoms. The largest absolute Gasteiger partial charge is 0.490 e. The lowest BCUT2D eigenvalue weighted by Crippen LogP contribution is -2.49. The highest BCUT2D eigenvalue weighted by atomic mass is 19.4. The summed E-state index contributed by atoms with van der Waals surface area (Å²) in [6.07, 6.45) is 6.01. The molecule has 3 aliphatic rings. The fourth-order valence-corrected chi connectivity index (χ4v) is 4.79. The molecule has 3 heterocycles. The smallest absolute Gasteiger partial charge is 0.475 e. The number of carboxylic acids is 1. The van der Waals surface area contributed by atoms with Gasteiger partial charge in [-0.05, 0) is 63.0 Å². The van der Waals surface area contributed by atoms with Crippen molar-refractivity contribution in [1.29, 1.82) is 0 Å². The number of carboxylic acid groups (broad SMARTS) is 1. The van der Waals surface area contributed by atoms with Crippen LogP contribution in [0.3, 0.4) is 0 Å². The number of halogens is 3. The number of alkyl halides is 3. The van der Waals surface area contributed by atoms with Crippen molar-refractivity contribution in [2.45, 2.75) is 63.3 Å². The molecular weight excluding hydrogens is 453 g/mol. The van der Waals surface area contributed by atoms with Crippen LogP contribution in [0.25, 0.3) is 0 Å². The van der Waals surface area contributed by atoms with Gasteiger partial charge in [0, 0.05) is 38.1 Å². The van der Waals surface area contributed by atoms with Crippen LogP contribution in [0, 0.1) is 5.92 Å². The molecule has 10 heteroatoms. The fraction of sp³-hybridized carbons (Fsp3) is 0.625. The van der Waals surface area contributed by atoms with Crippen LogP contribution < -0.4 is 0 Å². The lowest BCUT2D eigenvalue weighted by molar-refractivity contribution is -0.192. The average Bonchev–Trinajstić information content (AvgIpc) is 3.48. The Morgan fingerprint density at radius 2 is 2.00 bits per heavy atom. The summed E-state index contributed by atoms with van der Waals surface area (Å²) in [5, 5.41) is 7.12. The molecule has 2 saturated heterocycles. The van der Waals surface area contributed by atoms with Crippen LogP contribution >= 0.6 is 0 Å². The Labute approximate surface area is 196 Å². The number of carbonyl (C=O) groups is 2. The van der Waals surface area contributed by atoms with Gasteiger partial charge in [-0.15, -0.1) is 0 Å². The van der Waals surface area contributed by atoms with E-state index >= 15 is 0 Å². The molecular formula is C24H31F3N2O5. The van der Waals surface area contributed by atoms with Crippen molar-refractivity contribution in [2.24, 2.45) is 5.92 Å². The highest BCUT2D eigenvalue weighted by Gasteiger charge is 2.46. The minimum atomic E-state index is -5.08. The number of likely N-dealkylation sites (tertiary alicyclic amines) is 1. The van der Waals surface area contributed by atoms with Crippen molar-refractivity contribution in [3.63, 3.8) is 0 Å². The maximum Gasteiger partial charge on any atom is 0.490 e. The van der Waals surface area contributed by atoms with E-state index in [1.807, 2.05) is 23.1 Å². The molecule has 1 spiro atoms. The summed E-state index contributed by atoms with van der Waals surface area (Å²) < 4.78 is 43.8. The number of hydrogen-bond donors (Lipinski definition) is 1. The molecule has 1 atom stereocenters. The maximum atomic E-state index is 12.6. The van der Waals surface area contributed by atoms with Gasteiger partial charge in [0.2, 0.25) is 5.91 Å². The number of rotatable bonds is 6. The Morgan fingerprint density at radius 3 is 2.59 bits per heavy atom. The van der Waals surface area contributed by atoms with Crippen molar-refractivity contribution >= 4 is 11.9 Å². The van der Waals surface area contributed by atoms with E-state index in [1.165, 1.54) is 0 Å². The molecule has 7 nitrogen and oxygen atoms in total. The third-order valence-electron chi connectivity index (χ3n) is 6.64. The zero-order valence-electron chi connectivity index (χ0n) is 19.1. The van der Waals surface area contributed by atoms with Crippen molar-refractivity contribution in [1.82, 2.24) is 9.88 Å². The third kappa shape index (κ3) is 7.02. The number of nitrogens with zero attached hydrogens (tertiary/aromatic N) is 2. The highest BCUT2D eigenvalue weighted by molar-refractivity contribution is 5.93. The lowest BCUT2D eigenvalue weighted by atomic mass is 9.78. The number of allylic oxidation sites excluding steroid dienone is 1. The van der Waals surface area contributed by atoms with E-state index in [-0.39, 0.29) is 11.5 Å². The zero-order chi connectivity index (χ0) is 24.6. The molecule has 0 bridgehead atoms. The summed E-state index contributed by atoms with van der Waals surface area (Å²) in [5.74, 6) is -1.97. The van der Waals surface area contributed by atoms with Crippen LogP contribution in [0.4, 0.5) is 13.2 Å². The Morgan fingerprint density at radius 1 is 1.26 bits per heavy atom. The van der Waals surface area contributed by atoms with Gasteiger partial charge in [0.25, 0.3) is 0 Å². The van der Waals surface area contributed by atoms with Gasteiger partial charge < -0.3 is 19.5 Å². The zero-order valence-corrected chi connectivity index (χ0v) is 19.1. The molecule has 1 N–H and O–H groups in total. The van der Waals surface area contributed by atoms with Crippen molar-refractivity contribution in [3.05, 3.63) is 41.7 Å². The number of ether oxygens (including phenoxy) is 2. The first-order chi connectivity index (χ1) is 16.2. The third-order valence-corrected chi connectivity index (χ3v) is 6.64. The monoisotopic (exact) mass is 484 g/mol. The van der Waals surface area contributed by atoms with Crippen LogP contribution in [0.2, 0.25) is 0 Å². The fourth-order valence-electron chi connectivity index (χ4n) is 4.79. The van der Waals surface area contributed by atoms with Gasteiger partial charge in [-0.25, -0.2) is 4.79 Å². The van der Waals surface area contributed by atoms with Crippen LogP contribution in [-0.4, -0.2) is 64.9 Å². The van der Waals surface area contributed by atoms with E-state index in [2.05, 4.69) is 11.1 Å². The standard InChI is InChI=1S/C22H30N2O3.C2HF3O2/c25-21(18-5-1-2-6-18)24-13-10-22(11-14-24)19(9-16-27-22)8-15-26-17-20-7-3-4-12-23-20;3-2(4,5)1(6)7/h3-5,7,12,19H,1-2,6,8-11,13-17H2;(H,6,7). The summed E-state index contributed by atoms with van der Waals surface area (Å²) in [7, 11) is 0. The normalized spacial score (nSPS) is 21.7. The molecule has 1 aromatic rings. The maximum absolute atomic E-state index is 12.6. The number of aliphatic carboxylic acids is 1. The van der Waals surface area contributed by atoms with Gasteiger partial charge in [0.1, 0.15) is 0 Å². The van der Waals surface area contributed by atoms with Crippen molar-refractivity contribution < 1.29 is 37.3 Å². The lowest BCUT2D eigenvalue weighted by Gasteiger charge is -2.42. The molecule has 0 radical (unpaired) electrons. The number of carbonyl (C=O) groups excluding carboxylic acids is 1. The van der Waals surface area contributed by atoms with Gasteiger partial charge >= 0.3 is 12.1 Å². The van der Waals surface area contributed by atoms with E-state index in [0.29, 0.717) is 12.5 Å². The molecule has 4 rings (SSSR count). The Kier molecular flexibility index (Phi) is 9.07. The van der Waals surface area contributed by atoms with Crippen LogP contribution in [0.5, 0.6) is 0 Å². The Hall–Kier alpha value is -2.46. The predicted molar refractivity (Wildman–Crippen MR) is 117 cm³/mol. The Bertz CT molecular complexity index is 852. The number of hydrogen-bond acceptors (Lipinski definition) is 5. The molecule has 1 amide bonds. The minimum Gasteiger partial charge on any atom is -0.475 e. The quantitative estimate of drug-likeness (QED) is 0.611. The number of aromatic nitrogens is 1. The molecule has 188 valence electrons. The first-order valence-electron chi connectivity index (χ1n) is 11.6. The molecule has 2 fully saturated rings. The van der Waals surface area contributed by atoms with E-state index in [1.54, 1.807) is 6.20 Å². The van der Waals surface area contributed by atoms with Gasteiger partial charge in [-0.1, -0.05) is 12.1 Å². The number of amides is 1. The van der Waals surface area contributed by atoms with Gasteiger partial charge in [0.15, 0.2) is 0 Å². The molecule has 1 aromatic heterocycles. The predicted octanol–water partition coefficient (Wildman–Crippen LogP) is 4.13.